The number of thiazole rings is 1. The van der Waals surface area contributed by atoms with Gasteiger partial charge < -0.3 is 25.5 Å². The Morgan fingerprint density at radius 1 is 1.44 bits per heavy atom. The zero-order valence-electron chi connectivity index (χ0n) is 18.6. The van der Waals surface area contributed by atoms with E-state index in [1.54, 1.807) is 11.5 Å². The summed E-state index contributed by atoms with van der Waals surface area (Å²) < 4.78 is 0.828. The number of thioether (sulfide) groups is 1. The molecule has 2 atom stereocenters. The second-order valence-electron chi connectivity index (χ2n) is 8.27. The number of allylic oxidation sites excluding steroid dienone is 1. The molecule has 1 saturated heterocycles. The Labute approximate surface area is 204 Å². The summed E-state index contributed by atoms with van der Waals surface area (Å²) in [6, 6.07) is -0.893. The predicted octanol–water partition coefficient (Wildman–Crippen LogP) is 0.387. The van der Waals surface area contributed by atoms with Gasteiger partial charge in [-0.1, -0.05) is 11.2 Å². The van der Waals surface area contributed by atoms with Gasteiger partial charge >= 0.3 is 5.97 Å². The summed E-state index contributed by atoms with van der Waals surface area (Å²) >= 11 is 2.54. The quantitative estimate of drug-likeness (QED) is 0.151. The molecule has 0 bridgehead atoms. The van der Waals surface area contributed by atoms with Gasteiger partial charge in [-0.3, -0.25) is 14.5 Å². The van der Waals surface area contributed by atoms with E-state index in [0.29, 0.717) is 11.3 Å². The molecule has 0 aromatic carbocycles. The summed E-state index contributed by atoms with van der Waals surface area (Å²) in [5.74, 6) is -1.92. The van der Waals surface area contributed by atoms with Crippen molar-refractivity contribution in [2.24, 2.45) is 5.16 Å². The van der Waals surface area contributed by atoms with Crippen LogP contribution in [-0.2, 0) is 19.2 Å². The number of hydrogen-bond acceptors (Lipinski definition) is 9. The minimum absolute atomic E-state index is 0.0456. The van der Waals surface area contributed by atoms with E-state index in [9.17, 15) is 19.5 Å². The molecule has 2 amide bonds. The van der Waals surface area contributed by atoms with Crippen molar-refractivity contribution < 1.29 is 28.8 Å². The number of carboxylic acids is 1. The van der Waals surface area contributed by atoms with Crippen LogP contribution in [0.1, 0.15) is 5.69 Å². The second-order valence-corrected chi connectivity index (χ2v) is 10.3. The molecule has 1 aromatic rings. The summed E-state index contributed by atoms with van der Waals surface area (Å²) in [4.78, 5) is 47.8. The Kier molecular flexibility index (Phi) is 6.77. The maximum atomic E-state index is 12.9. The molecular formula is C21H25N6O5S2+. The fraction of sp³-hybridized carbons (Fsp3) is 0.381. The molecular weight excluding hydrogens is 480 g/mol. The highest BCUT2D eigenvalue weighted by Gasteiger charge is 2.54. The van der Waals surface area contributed by atoms with Crippen LogP contribution in [0.25, 0.3) is 0 Å². The van der Waals surface area contributed by atoms with E-state index < -0.39 is 29.2 Å². The first-order chi connectivity index (χ1) is 16.2. The maximum Gasteiger partial charge on any atom is 0.352 e. The average Bonchev–Trinajstić information content (AvgIpc) is 3.43. The Bertz CT molecular complexity index is 1130. The number of nitrogens with zero attached hydrogens (tertiary/aromatic N) is 4. The van der Waals surface area contributed by atoms with Crippen LogP contribution < -0.4 is 11.1 Å². The van der Waals surface area contributed by atoms with Gasteiger partial charge in [0.2, 0.25) is 0 Å². The highest BCUT2D eigenvalue weighted by Crippen LogP contribution is 2.40. The van der Waals surface area contributed by atoms with Crippen molar-refractivity contribution in [2.75, 3.05) is 45.3 Å². The molecule has 1 fully saturated rings. The van der Waals surface area contributed by atoms with Gasteiger partial charge in [0.25, 0.3) is 11.8 Å². The lowest BCUT2D eigenvalue weighted by atomic mass is 10.0. The number of carboxylic acid groups (broad SMARTS) is 1. The van der Waals surface area contributed by atoms with Crippen molar-refractivity contribution in [2.45, 2.75) is 11.4 Å². The van der Waals surface area contributed by atoms with Crippen molar-refractivity contribution in [3.05, 3.63) is 46.6 Å². The van der Waals surface area contributed by atoms with Crippen molar-refractivity contribution >= 4 is 51.7 Å². The predicted molar refractivity (Wildman–Crippen MR) is 129 cm³/mol. The smallest absolute Gasteiger partial charge is 0.352 e. The van der Waals surface area contributed by atoms with E-state index in [4.69, 9.17) is 10.6 Å². The van der Waals surface area contributed by atoms with E-state index in [-0.39, 0.29) is 22.2 Å². The minimum Gasteiger partial charge on any atom is -0.477 e. The number of oxime groups is 1. The fourth-order valence-electron chi connectivity index (χ4n) is 4.00. The van der Waals surface area contributed by atoms with Crippen molar-refractivity contribution in [1.82, 2.24) is 15.2 Å². The monoisotopic (exact) mass is 505 g/mol. The topological polar surface area (TPSA) is 147 Å². The van der Waals surface area contributed by atoms with Crippen LogP contribution in [0.15, 0.2) is 46.1 Å². The molecule has 4 rings (SSSR count). The molecule has 0 spiro atoms. The number of hydrogen-bond donors (Lipinski definition) is 3. The van der Waals surface area contributed by atoms with Crippen LogP contribution in [0.5, 0.6) is 0 Å². The van der Waals surface area contributed by atoms with Crippen LogP contribution in [0.3, 0.4) is 0 Å². The Hall–Kier alpha value is -3.16. The summed E-state index contributed by atoms with van der Waals surface area (Å²) in [6.07, 6.45) is 8.03. The highest BCUT2D eigenvalue weighted by molar-refractivity contribution is 8.00. The lowest BCUT2D eigenvalue weighted by Crippen LogP contribution is -2.71. The summed E-state index contributed by atoms with van der Waals surface area (Å²) in [7, 11) is 3.42. The van der Waals surface area contributed by atoms with E-state index in [1.165, 1.54) is 23.8 Å². The molecule has 4 N–H and O–H groups in total. The van der Waals surface area contributed by atoms with E-state index in [1.807, 2.05) is 6.08 Å². The standard InChI is InChI=1S/C21H24N6O5S2/c1-27(7-3-4-8-27)9-5-6-12-10-33-19-15(18(29)26(19)16(12)20(30)31)24-17(28)14(25-32-2)13-11-34-21(22)23-13/h3-6,11,15,19H,7-10H2,1-2H3,(H3-,22,23,24,28,30,31)/p+1/b6-5+,25-14-/t15?,19-/m1/s1. The third-order valence-corrected chi connectivity index (χ3v) is 7.75. The molecule has 3 aliphatic rings. The highest BCUT2D eigenvalue weighted by atomic mass is 32.2. The number of amides is 2. The molecule has 0 aliphatic carbocycles. The maximum absolute atomic E-state index is 12.9. The number of carbonyl (C=O) groups is 3. The fourth-order valence-corrected chi connectivity index (χ4v) is 5.87. The van der Waals surface area contributed by atoms with Gasteiger partial charge in [0.15, 0.2) is 10.8 Å². The van der Waals surface area contributed by atoms with Crippen LogP contribution in [0, 0.1) is 0 Å². The Morgan fingerprint density at radius 2 is 2.18 bits per heavy atom. The van der Waals surface area contributed by atoms with Gasteiger partial charge in [0, 0.05) is 11.1 Å². The number of anilines is 1. The molecule has 0 saturated carbocycles. The van der Waals surface area contributed by atoms with Gasteiger partial charge in [-0.25, -0.2) is 9.78 Å². The van der Waals surface area contributed by atoms with Gasteiger partial charge in [-0.15, -0.1) is 23.1 Å². The van der Waals surface area contributed by atoms with E-state index >= 15 is 0 Å². The molecule has 3 aliphatic heterocycles. The summed E-state index contributed by atoms with van der Waals surface area (Å²) in [5.41, 5.74) is 6.28. The van der Waals surface area contributed by atoms with Crippen LogP contribution >= 0.6 is 23.1 Å². The zero-order chi connectivity index (χ0) is 24.5. The number of aliphatic carboxylic acids is 1. The van der Waals surface area contributed by atoms with E-state index in [0.717, 1.165) is 35.5 Å². The average molecular weight is 506 g/mol. The van der Waals surface area contributed by atoms with Gasteiger partial charge in [0.05, 0.1) is 26.7 Å². The molecule has 180 valence electrons. The number of quaternary nitrogens is 1. The van der Waals surface area contributed by atoms with Gasteiger partial charge in [0.1, 0.15) is 29.9 Å². The number of carbonyl (C=O) groups excluding carboxylic acids is 2. The molecule has 1 unspecified atom stereocenters. The minimum atomic E-state index is -1.18. The van der Waals surface area contributed by atoms with Crippen molar-refractivity contribution in [3.8, 4) is 0 Å². The van der Waals surface area contributed by atoms with Crippen LogP contribution in [0.4, 0.5) is 5.13 Å². The largest absolute Gasteiger partial charge is 0.477 e. The van der Waals surface area contributed by atoms with Crippen LogP contribution in [-0.4, -0.2) is 93.9 Å². The Morgan fingerprint density at radius 3 is 2.79 bits per heavy atom. The number of fused-ring (bicyclic) bond motifs is 1. The SMILES string of the molecule is CO/N=C(\C(=O)NC1C(=O)N2C(C(=O)O)=C(/C=C/C[N+]3(C)CC=CC3)CS[C@H]12)c1csc(N)n1. The summed E-state index contributed by atoms with van der Waals surface area (Å²) in [5, 5.41) is 17.5. The molecule has 11 nitrogen and oxygen atoms in total. The first kappa shape index (κ1) is 24.0. The number of nitrogens with two attached hydrogens (primary N) is 1. The summed E-state index contributed by atoms with van der Waals surface area (Å²) in [6.45, 7) is 2.62. The van der Waals surface area contributed by atoms with Crippen molar-refractivity contribution in [1.29, 1.82) is 0 Å². The molecule has 1 aromatic heterocycles. The van der Waals surface area contributed by atoms with E-state index in [2.05, 4.69) is 34.7 Å². The molecule has 0 radical (unpaired) electrons. The molecule has 34 heavy (non-hydrogen) atoms. The number of rotatable bonds is 8. The number of nitrogen functional groups attached to an aromatic ring is 1. The lowest BCUT2D eigenvalue weighted by Gasteiger charge is -2.49. The van der Waals surface area contributed by atoms with Crippen LogP contribution in [0.2, 0.25) is 0 Å². The van der Waals surface area contributed by atoms with Gasteiger partial charge in [-0.05, 0) is 23.8 Å². The third kappa shape index (κ3) is 4.58. The third-order valence-electron chi connectivity index (χ3n) is 5.77. The zero-order valence-corrected chi connectivity index (χ0v) is 20.3. The Balaban J connectivity index is 1.48. The molecule has 4 heterocycles. The number of likely N-dealkylation sites (N-methyl/N-ethyl adjacent to an activating group) is 1. The first-order valence-corrected chi connectivity index (χ1v) is 12.4. The molecule has 13 heteroatoms. The number of nitrogens with one attached hydrogen (secondary N) is 1. The number of β-lactam (4-membered cyclic amide) rings is 1. The van der Waals surface area contributed by atoms with Crippen molar-refractivity contribution in [3.63, 3.8) is 0 Å². The van der Waals surface area contributed by atoms with Gasteiger partial charge in [-0.2, -0.15) is 0 Å². The lowest BCUT2D eigenvalue weighted by molar-refractivity contribution is -0.887. The normalized spacial score (nSPS) is 23.8. The number of aromatic nitrogens is 1. The first-order valence-electron chi connectivity index (χ1n) is 10.4. The second kappa shape index (κ2) is 9.60.